The van der Waals surface area contributed by atoms with Crippen molar-refractivity contribution in [3.05, 3.63) is 96.1 Å². The molecule has 1 aliphatic rings. The van der Waals surface area contributed by atoms with Crippen LogP contribution in [0.4, 0.5) is 11.4 Å². The van der Waals surface area contributed by atoms with Crippen molar-refractivity contribution in [2.24, 2.45) is 10.7 Å². The number of unbranched alkanes of at least 4 members (excludes halogenated alkanes) is 1. The second-order valence-corrected chi connectivity index (χ2v) is 8.10. The van der Waals surface area contributed by atoms with E-state index in [-0.39, 0.29) is 11.9 Å². The maximum absolute atomic E-state index is 13.1. The predicted molar refractivity (Wildman–Crippen MR) is 135 cm³/mol. The molecule has 3 aromatic rings. The number of nitrogens with zero attached hydrogens (tertiary/aromatic N) is 2. The Morgan fingerprint density at radius 2 is 1.64 bits per heavy atom. The van der Waals surface area contributed by atoms with Crippen LogP contribution in [-0.2, 0) is 11.3 Å². The largest absolute Gasteiger partial charge is 0.352 e. The Morgan fingerprint density at radius 3 is 2.39 bits per heavy atom. The molecule has 0 saturated carbocycles. The van der Waals surface area contributed by atoms with Crippen molar-refractivity contribution in [1.29, 1.82) is 0 Å². The Morgan fingerprint density at radius 1 is 0.939 bits per heavy atom. The Labute approximate surface area is 195 Å². The molecule has 6 nitrogen and oxygen atoms in total. The van der Waals surface area contributed by atoms with Crippen LogP contribution in [0.3, 0.4) is 0 Å². The lowest BCUT2D eigenvalue weighted by Crippen LogP contribution is -2.45. The molecule has 1 unspecified atom stereocenters. The summed E-state index contributed by atoms with van der Waals surface area (Å²) >= 11 is 0. The van der Waals surface area contributed by atoms with Gasteiger partial charge in [-0.25, -0.2) is 0 Å². The molecule has 0 aliphatic carbocycles. The molecule has 0 bridgehead atoms. The van der Waals surface area contributed by atoms with Gasteiger partial charge < -0.3 is 21.3 Å². The minimum absolute atomic E-state index is 0.00367. The number of aliphatic imine (C=N–C) groups is 1. The minimum atomic E-state index is -0.172. The van der Waals surface area contributed by atoms with Gasteiger partial charge in [0.15, 0.2) is 0 Å². The molecule has 0 radical (unpaired) electrons. The minimum Gasteiger partial charge on any atom is -0.352 e. The fourth-order valence-electron chi connectivity index (χ4n) is 4.06. The van der Waals surface area contributed by atoms with Crippen LogP contribution >= 0.6 is 0 Å². The van der Waals surface area contributed by atoms with Gasteiger partial charge in [0, 0.05) is 24.5 Å². The summed E-state index contributed by atoms with van der Waals surface area (Å²) in [5.74, 6) is 0.766. The summed E-state index contributed by atoms with van der Waals surface area (Å²) in [4.78, 5) is 20.1. The van der Waals surface area contributed by atoms with Gasteiger partial charge in [0.1, 0.15) is 0 Å². The maximum Gasteiger partial charge on any atom is 0.222 e. The first-order valence-electron chi connectivity index (χ1n) is 11.5. The van der Waals surface area contributed by atoms with Crippen LogP contribution in [0.2, 0.25) is 0 Å². The van der Waals surface area contributed by atoms with Crippen LogP contribution in [0.5, 0.6) is 0 Å². The van der Waals surface area contributed by atoms with Gasteiger partial charge in [0.05, 0.1) is 12.5 Å². The summed E-state index contributed by atoms with van der Waals surface area (Å²) in [5, 5.41) is 6.58. The summed E-state index contributed by atoms with van der Waals surface area (Å²) in [7, 11) is 0. The van der Waals surface area contributed by atoms with Crippen LogP contribution in [0, 0.1) is 0 Å². The molecular formula is C27H31N5O. The summed E-state index contributed by atoms with van der Waals surface area (Å²) in [6.45, 7) is 1.85. The summed E-state index contributed by atoms with van der Waals surface area (Å²) in [6, 6.07) is 28.1. The first kappa shape index (κ1) is 22.6. The van der Waals surface area contributed by atoms with Gasteiger partial charge in [-0.2, -0.15) is 0 Å². The quantitative estimate of drug-likeness (QED) is 0.428. The van der Waals surface area contributed by atoms with Crippen molar-refractivity contribution in [1.82, 2.24) is 5.32 Å². The van der Waals surface area contributed by atoms with Crippen molar-refractivity contribution < 1.29 is 4.79 Å². The smallest absolute Gasteiger partial charge is 0.222 e. The number of benzene rings is 3. The number of para-hydroxylation sites is 2. The van der Waals surface area contributed by atoms with Gasteiger partial charge in [-0.05, 0) is 48.7 Å². The molecule has 33 heavy (non-hydrogen) atoms. The van der Waals surface area contributed by atoms with Gasteiger partial charge in [-0.15, -0.1) is 0 Å². The monoisotopic (exact) mass is 441 g/mol. The summed E-state index contributed by atoms with van der Waals surface area (Å²) < 4.78 is 0. The molecular weight excluding hydrogens is 410 g/mol. The molecule has 1 aliphatic heterocycles. The molecule has 0 saturated heterocycles. The maximum atomic E-state index is 13.1. The molecule has 170 valence electrons. The number of hydrogen-bond donors (Lipinski definition) is 3. The van der Waals surface area contributed by atoms with Crippen molar-refractivity contribution in [3.63, 3.8) is 0 Å². The Bertz CT molecular complexity index is 1070. The highest BCUT2D eigenvalue weighted by molar-refractivity contribution is 6.09. The number of carbonyl (C=O) groups excluding carboxylic acids is 1. The summed E-state index contributed by atoms with van der Waals surface area (Å²) in [5.41, 5.74) is 9.81. The zero-order chi connectivity index (χ0) is 22.9. The molecule has 4 rings (SSSR count). The highest BCUT2D eigenvalue weighted by Gasteiger charge is 2.33. The molecule has 0 aromatic heterocycles. The lowest BCUT2D eigenvalue weighted by molar-refractivity contribution is -0.121. The standard InChI is InChI=1S/C27H31N5O/c28-17-9-10-18-29-27-31-24-16-8-7-15-23(24)25(32(27)22-13-5-2-6-14-22)19-26(33)30-20-21-11-3-1-4-12-21/h1-8,11-16,25H,9-10,17-20,28H2,(H,29,31)(H,30,33). The third-order valence-electron chi connectivity index (χ3n) is 5.73. The SMILES string of the molecule is NCCCCN=C1Nc2ccccc2C(CC(=O)NCc2ccccc2)N1c1ccccc1. The predicted octanol–water partition coefficient (Wildman–Crippen LogP) is 4.46. The van der Waals surface area contributed by atoms with Crippen LogP contribution in [0.1, 0.15) is 36.4 Å². The number of nitrogens with one attached hydrogen (secondary N) is 2. The number of carbonyl (C=O) groups is 1. The Kier molecular flexibility index (Phi) is 7.72. The van der Waals surface area contributed by atoms with E-state index in [0.717, 1.165) is 41.3 Å². The third-order valence-corrected chi connectivity index (χ3v) is 5.73. The lowest BCUT2D eigenvalue weighted by atomic mass is 9.96. The van der Waals surface area contributed by atoms with Crippen LogP contribution in [0.25, 0.3) is 0 Å². The average molecular weight is 442 g/mol. The van der Waals surface area contributed by atoms with Crippen molar-refractivity contribution >= 4 is 23.2 Å². The van der Waals surface area contributed by atoms with Gasteiger partial charge in [-0.1, -0.05) is 66.7 Å². The molecule has 3 aromatic carbocycles. The second-order valence-electron chi connectivity index (χ2n) is 8.10. The lowest BCUT2D eigenvalue weighted by Gasteiger charge is -2.40. The molecule has 1 heterocycles. The molecule has 6 heteroatoms. The zero-order valence-corrected chi connectivity index (χ0v) is 18.8. The van der Waals surface area contributed by atoms with Gasteiger partial charge in [0.25, 0.3) is 0 Å². The molecule has 4 N–H and O–H groups in total. The second kappa shape index (κ2) is 11.3. The first-order valence-corrected chi connectivity index (χ1v) is 11.5. The van der Waals surface area contributed by atoms with Gasteiger partial charge in [-0.3, -0.25) is 9.79 Å². The van der Waals surface area contributed by atoms with E-state index in [9.17, 15) is 4.79 Å². The van der Waals surface area contributed by atoms with Crippen molar-refractivity contribution in [2.45, 2.75) is 31.8 Å². The van der Waals surface area contributed by atoms with E-state index in [4.69, 9.17) is 10.7 Å². The third kappa shape index (κ3) is 5.79. The van der Waals surface area contributed by atoms with E-state index in [1.165, 1.54) is 0 Å². The van der Waals surface area contributed by atoms with Crippen LogP contribution in [0.15, 0.2) is 89.9 Å². The van der Waals surface area contributed by atoms with Gasteiger partial charge in [0.2, 0.25) is 11.9 Å². The molecule has 1 amide bonds. The van der Waals surface area contributed by atoms with Crippen LogP contribution < -0.4 is 21.3 Å². The van der Waals surface area contributed by atoms with E-state index >= 15 is 0 Å². The van der Waals surface area contributed by atoms with Crippen molar-refractivity contribution in [2.75, 3.05) is 23.3 Å². The van der Waals surface area contributed by atoms with Gasteiger partial charge >= 0.3 is 0 Å². The number of nitrogens with two attached hydrogens (primary N) is 1. The number of rotatable bonds is 9. The number of amides is 1. The molecule has 0 spiro atoms. The number of anilines is 2. The first-order chi connectivity index (χ1) is 16.3. The average Bonchev–Trinajstić information content (AvgIpc) is 2.86. The van der Waals surface area contributed by atoms with Crippen LogP contribution in [-0.4, -0.2) is 25.0 Å². The van der Waals surface area contributed by atoms with Crippen molar-refractivity contribution in [3.8, 4) is 0 Å². The van der Waals surface area contributed by atoms with E-state index < -0.39 is 0 Å². The number of fused-ring (bicyclic) bond motifs is 1. The van der Waals surface area contributed by atoms with E-state index in [1.54, 1.807) is 0 Å². The van der Waals surface area contributed by atoms with E-state index in [2.05, 4.69) is 33.7 Å². The zero-order valence-electron chi connectivity index (χ0n) is 18.8. The fourth-order valence-corrected chi connectivity index (χ4v) is 4.06. The topological polar surface area (TPSA) is 82.7 Å². The Hall–Kier alpha value is -3.64. The van der Waals surface area contributed by atoms with E-state index in [1.807, 2.05) is 66.7 Å². The highest BCUT2D eigenvalue weighted by Crippen LogP contribution is 2.38. The number of guanidine groups is 1. The molecule has 0 fully saturated rings. The summed E-state index contributed by atoms with van der Waals surface area (Å²) in [6.07, 6.45) is 2.18. The number of hydrogen-bond acceptors (Lipinski definition) is 3. The molecule has 1 atom stereocenters. The highest BCUT2D eigenvalue weighted by atomic mass is 16.1. The van der Waals surface area contributed by atoms with E-state index in [0.29, 0.717) is 26.1 Å². The fraction of sp³-hybridized carbons (Fsp3) is 0.259. The normalized spacial score (nSPS) is 16.2. The Balaban J connectivity index is 1.62.